The average Bonchev–Trinajstić information content (AvgIpc) is 3.09. The number of rotatable bonds is 5. The second kappa shape index (κ2) is 6.65. The highest BCUT2D eigenvalue weighted by molar-refractivity contribution is 7.58. The highest BCUT2D eigenvalue weighted by Crippen LogP contribution is 2.47. The van der Waals surface area contributed by atoms with Gasteiger partial charge in [0.1, 0.15) is 11.4 Å². The molecular weight excluding hydrogens is 329 g/mol. The zero-order valence-corrected chi connectivity index (χ0v) is 13.8. The molecular formula is C14H17Cl2N3OS. The van der Waals surface area contributed by atoms with Gasteiger partial charge in [-0.1, -0.05) is 48.9 Å². The zero-order chi connectivity index (χ0) is 14.8. The van der Waals surface area contributed by atoms with Crippen LogP contribution < -0.4 is 5.32 Å². The molecule has 1 unspecified atom stereocenters. The van der Waals surface area contributed by atoms with E-state index in [9.17, 15) is 5.11 Å². The molecule has 2 N–H and O–H groups in total. The van der Waals surface area contributed by atoms with Crippen LogP contribution >= 0.6 is 23.2 Å². The summed E-state index contributed by atoms with van der Waals surface area (Å²) in [5, 5.41) is 14.4. The van der Waals surface area contributed by atoms with Gasteiger partial charge in [0.25, 0.3) is 0 Å². The summed E-state index contributed by atoms with van der Waals surface area (Å²) in [5.74, 6) is 0.656. The molecule has 0 spiro atoms. The van der Waals surface area contributed by atoms with E-state index in [1.165, 1.54) is 25.7 Å². The van der Waals surface area contributed by atoms with Crippen molar-refractivity contribution in [3.63, 3.8) is 0 Å². The monoisotopic (exact) mass is 345 g/mol. The minimum atomic E-state index is -0.374. The first kappa shape index (κ1) is 15.3. The van der Waals surface area contributed by atoms with Crippen LogP contribution in [0.1, 0.15) is 32.1 Å². The van der Waals surface area contributed by atoms with Gasteiger partial charge in [-0.15, -0.1) is 0 Å². The molecule has 114 valence electrons. The van der Waals surface area contributed by atoms with Crippen LogP contribution in [0.2, 0.25) is 10.0 Å². The topological polar surface area (TPSA) is 57.0 Å². The Hall–Kier alpha value is -0.620. The van der Waals surface area contributed by atoms with Crippen molar-refractivity contribution >= 4 is 51.6 Å². The van der Waals surface area contributed by atoms with Crippen molar-refractivity contribution in [1.82, 2.24) is 0 Å². The fourth-order valence-electron chi connectivity index (χ4n) is 2.98. The van der Waals surface area contributed by atoms with Gasteiger partial charge in [0.05, 0.1) is 33.2 Å². The van der Waals surface area contributed by atoms with Gasteiger partial charge in [0, 0.05) is 6.54 Å². The summed E-state index contributed by atoms with van der Waals surface area (Å²) >= 11 is 13.4. The summed E-state index contributed by atoms with van der Waals surface area (Å²) in [4.78, 5) is 0. The van der Waals surface area contributed by atoms with Crippen molar-refractivity contribution in [1.29, 1.82) is 0 Å². The molecule has 1 aliphatic carbocycles. The van der Waals surface area contributed by atoms with E-state index in [1.54, 1.807) is 6.07 Å². The number of fused-ring (bicyclic) bond motifs is 1. The fourth-order valence-corrected chi connectivity index (χ4v) is 4.16. The van der Waals surface area contributed by atoms with Crippen LogP contribution in [0.3, 0.4) is 0 Å². The molecule has 1 fully saturated rings. The van der Waals surface area contributed by atoms with E-state index in [4.69, 9.17) is 23.2 Å². The third-order valence-electron chi connectivity index (χ3n) is 4.04. The number of hydrogen-bond donors (Lipinski definition) is 2. The van der Waals surface area contributed by atoms with Gasteiger partial charge in [-0.25, -0.2) is 0 Å². The van der Waals surface area contributed by atoms with Crippen molar-refractivity contribution < 1.29 is 5.11 Å². The Kier molecular flexibility index (Phi) is 4.84. The van der Waals surface area contributed by atoms with Gasteiger partial charge >= 0.3 is 0 Å². The molecule has 1 aromatic carbocycles. The second-order valence-electron chi connectivity index (χ2n) is 5.60. The Morgan fingerprint density at radius 3 is 2.71 bits per heavy atom. The molecule has 0 saturated heterocycles. The van der Waals surface area contributed by atoms with Gasteiger partial charge in [-0.3, -0.25) is 0 Å². The van der Waals surface area contributed by atoms with E-state index in [2.05, 4.69) is 14.0 Å². The van der Waals surface area contributed by atoms with Crippen molar-refractivity contribution in [3.8, 4) is 0 Å². The summed E-state index contributed by atoms with van der Waals surface area (Å²) in [6, 6.07) is 1.67. The zero-order valence-electron chi connectivity index (χ0n) is 11.5. The van der Waals surface area contributed by atoms with Crippen LogP contribution in [-0.2, 0) is 11.4 Å². The predicted octanol–water partition coefficient (Wildman–Crippen LogP) is 5.07. The number of aliphatic hydroxyl groups excluding tert-OH is 1. The Morgan fingerprint density at radius 2 is 1.95 bits per heavy atom. The van der Waals surface area contributed by atoms with Crippen LogP contribution in [0, 0.1) is 5.92 Å². The van der Waals surface area contributed by atoms with Crippen LogP contribution in [0.15, 0.2) is 14.8 Å². The Morgan fingerprint density at radius 1 is 1.24 bits per heavy atom. The van der Waals surface area contributed by atoms with Crippen molar-refractivity contribution in [2.75, 3.05) is 11.9 Å². The third-order valence-corrected chi connectivity index (χ3v) is 5.15. The summed E-state index contributed by atoms with van der Waals surface area (Å²) < 4.78 is 8.41. The predicted molar refractivity (Wildman–Crippen MR) is 89.1 cm³/mol. The number of benzene rings is 1. The largest absolute Gasteiger partial charge is 0.391 e. The summed E-state index contributed by atoms with van der Waals surface area (Å²) in [5.41, 5.74) is 2.03. The van der Waals surface area contributed by atoms with Crippen LogP contribution in [-0.4, -0.2) is 17.8 Å². The number of aliphatic hydroxyl groups is 1. The summed E-state index contributed by atoms with van der Waals surface area (Å²) in [6.45, 7) is 0.463. The molecule has 0 radical (unpaired) electrons. The minimum absolute atomic E-state index is 0.374. The number of anilines is 1. The van der Waals surface area contributed by atoms with E-state index < -0.39 is 0 Å². The molecule has 3 rings (SSSR count). The molecule has 1 heterocycles. The van der Waals surface area contributed by atoms with Gasteiger partial charge in [0.2, 0.25) is 0 Å². The molecule has 2 aliphatic rings. The third kappa shape index (κ3) is 3.42. The van der Waals surface area contributed by atoms with Crippen molar-refractivity contribution in [2.45, 2.75) is 38.2 Å². The minimum Gasteiger partial charge on any atom is -0.391 e. The lowest BCUT2D eigenvalue weighted by Gasteiger charge is -2.18. The lowest BCUT2D eigenvalue weighted by atomic mass is 10.00. The quantitative estimate of drug-likeness (QED) is 0.794. The van der Waals surface area contributed by atoms with Gasteiger partial charge in [-0.2, -0.15) is 8.73 Å². The molecule has 1 saturated carbocycles. The first-order valence-electron chi connectivity index (χ1n) is 7.17. The van der Waals surface area contributed by atoms with Crippen molar-refractivity contribution in [2.24, 2.45) is 14.6 Å². The normalized spacial score (nSPS) is 18.6. The van der Waals surface area contributed by atoms with E-state index in [0.29, 0.717) is 39.6 Å². The maximum absolute atomic E-state index is 10.2. The molecule has 4 nitrogen and oxygen atoms in total. The Bertz CT molecular complexity index is 611. The second-order valence-corrected chi connectivity index (χ2v) is 6.94. The van der Waals surface area contributed by atoms with E-state index >= 15 is 0 Å². The van der Waals surface area contributed by atoms with Crippen LogP contribution in [0.4, 0.5) is 17.1 Å². The van der Waals surface area contributed by atoms with E-state index in [1.807, 2.05) is 0 Å². The maximum atomic E-state index is 10.2. The molecule has 1 aliphatic heterocycles. The molecule has 0 amide bonds. The molecule has 1 atom stereocenters. The Labute approximate surface area is 137 Å². The highest BCUT2D eigenvalue weighted by atomic mass is 35.5. The number of halogens is 2. The van der Waals surface area contributed by atoms with Gasteiger partial charge in [-0.05, 0) is 18.4 Å². The average molecular weight is 346 g/mol. The first-order valence-corrected chi connectivity index (χ1v) is 8.66. The standard InChI is InChI=1S/C14H17Cl2N3OS/c15-10-6-11(16)13-14(19-21-18-13)12(10)17-7-9(20)5-8-3-1-2-4-8/h6,8-9,17,20H,1-5,7H2. The van der Waals surface area contributed by atoms with Gasteiger partial charge in [0.15, 0.2) is 0 Å². The molecule has 0 bridgehead atoms. The van der Waals surface area contributed by atoms with Crippen LogP contribution in [0.25, 0.3) is 0 Å². The summed E-state index contributed by atoms with van der Waals surface area (Å²) in [6.07, 6.45) is 5.52. The molecule has 1 aromatic rings. The molecule has 7 heteroatoms. The van der Waals surface area contributed by atoms with Crippen molar-refractivity contribution in [3.05, 3.63) is 16.1 Å². The lowest BCUT2D eigenvalue weighted by Crippen LogP contribution is -2.22. The molecule has 21 heavy (non-hydrogen) atoms. The summed E-state index contributed by atoms with van der Waals surface area (Å²) in [7, 11) is 0. The van der Waals surface area contributed by atoms with Gasteiger partial charge < -0.3 is 10.4 Å². The van der Waals surface area contributed by atoms with E-state index in [-0.39, 0.29) is 6.10 Å². The number of hydrogen-bond acceptors (Lipinski definition) is 4. The van der Waals surface area contributed by atoms with E-state index in [0.717, 1.165) is 17.8 Å². The molecule has 0 aromatic heterocycles. The highest BCUT2D eigenvalue weighted by Gasteiger charge is 2.21. The van der Waals surface area contributed by atoms with Crippen LogP contribution in [0.5, 0.6) is 0 Å². The fraction of sp³-hybridized carbons (Fsp3) is 0.571. The lowest BCUT2D eigenvalue weighted by molar-refractivity contribution is 0.155. The smallest absolute Gasteiger partial charge is 0.130 e. The first-order chi connectivity index (χ1) is 10.1. The maximum Gasteiger partial charge on any atom is 0.130 e. The number of nitrogens with one attached hydrogen (secondary N) is 1. The SMILES string of the molecule is OC(CNc1c(Cl)cc(Cl)c2c1N=S=N2)CC1CCCC1. The number of nitrogens with zero attached hydrogens (tertiary/aromatic N) is 2. The Balaban J connectivity index is 1.65.